The summed E-state index contributed by atoms with van der Waals surface area (Å²) in [7, 11) is 0. The van der Waals surface area contributed by atoms with Crippen LogP contribution in [0.5, 0.6) is 0 Å². The van der Waals surface area contributed by atoms with Gasteiger partial charge in [0.25, 0.3) is 0 Å². The van der Waals surface area contributed by atoms with Crippen LogP contribution >= 0.6 is 0 Å². The average molecular weight is 369 g/mol. The van der Waals surface area contributed by atoms with Crippen LogP contribution in [0.3, 0.4) is 0 Å². The quantitative estimate of drug-likeness (QED) is 0.689. The van der Waals surface area contributed by atoms with Gasteiger partial charge in [-0.05, 0) is 37.1 Å². The maximum atomic E-state index is 5.37. The Hall–Kier alpha value is -3.02. The van der Waals surface area contributed by atoms with Gasteiger partial charge in [0.1, 0.15) is 12.1 Å². The molecule has 0 fully saturated rings. The number of pyridine rings is 2. The van der Waals surface area contributed by atoms with E-state index in [0.717, 1.165) is 23.4 Å². The maximum Gasteiger partial charge on any atom is 0.129 e. The van der Waals surface area contributed by atoms with Crippen LogP contribution in [-0.4, -0.2) is 19.9 Å². The van der Waals surface area contributed by atoms with Crippen molar-refractivity contribution < 1.29 is 0 Å². The summed E-state index contributed by atoms with van der Waals surface area (Å²) >= 11 is 0. The molecule has 0 atom stereocenters. The molecule has 0 radical (unpaired) electrons. The number of nitrogens with zero attached hydrogens (tertiary/aromatic N) is 4. The van der Waals surface area contributed by atoms with E-state index in [0.29, 0.717) is 5.82 Å². The summed E-state index contributed by atoms with van der Waals surface area (Å²) in [5.74, 6) is 0.556. The van der Waals surface area contributed by atoms with Gasteiger partial charge >= 0.3 is 0 Å². The summed E-state index contributed by atoms with van der Waals surface area (Å²) in [5.41, 5.74) is 9.66. The molecular weight excluding hydrogens is 336 g/mol. The number of hydrogen-bond acceptors (Lipinski definition) is 6. The van der Waals surface area contributed by atoms with E-state index in [2.05, 4.69) is 31.3 Å². The minimum Gasteiger partial charge on any atom is -0.383 e. The van der Waals surface area contributed by atoms with Crippen molar-refractivity contribution in [2.45, 2.75) is 48.1 Å². The van der Waals surface area contributed by atoms with Crippen molar-refractivity contribution in [1.82, 2.24) is 19.9 Å². The first-order valence-corrected chi connectivity index (χ1v) is 9.21. The van der Waals surface area contributed by atoms with E-state index in [1.807, 2.05) is 72.3 Å². The SMILES string of the molecule is CC.CC.Cc1cncc(NCc2cccnc2)c1.Cc1cncnc1N. The fourth-order valence-corrected chi connectivity index (χ4v) is 1.77. The Bertz CT molecular complexity index is 711. The molecule has 3 heterocycles. The third kappa shape index (κ3) is 10.5. The lowest BCUT2D eigenvalue weighted by atomic mass is 10.2. The second-order valence-corrected chi connectivity index (χ2v) is 5.06. The number of nitrogens with two attached hydrogens (primary N) is 1. The molecule has 0 aliphatic rings. The van der Waals surface area contributed by atoms with Crippen LogP contribution in [0.4, 0.5) is 11.5 Å². The largest absolute Gasteiger partial charge is 0.383 e. The molecule has 3 aromatic rings. The van der Waals surface area contributed by atoms with Crippen LogP contribution < -0.4 is 11.1 Å². The molecule has 3 aromatic heterocycles. The zero-order valence-electron chi connectivity index (χ0n) is 17.3. The van der Waals surface area contributed by atoms with E-state index < -0.39 is 0 Å². The Morgan fingerprint density at radius 1 is 0.926 bits per heavy atom. The zero-order valence-corrected chi connectivity index (χ0v) is 17.3. The highest BCUT2D eigenvalue weighted by molar-refractivity contribution is 5.42. The Morgan fingerprint density at radius 2 is 1.67 bits per heavy atom. The molecule has 0 bridgehead atoms. The fraction of sp³-hybridized carbons (Fsp3) is 0.333. The Balaban J connectivity index is 0.000000477. The normalized spacial score (nSPS) is 8.67. The Kier molecular flexibility index (Phi) is 13.5. The Labute approximate surface area is 163 Å². The molecule has 27 heavy (non-hydrogen) atoms. The molecule has 6 nitrogen and oxygen atoms in total. The highest BCUT2D eigenvalue weighted by Gasteiger charge is 1.94. The summed E-state index contributed by atoms with van der Waals surface area (Å²) in [6, 6.07) is 6.05. The van der Waals surface area contributed by atoms with Crippen molar-refractivity contribution in [3.05, 3.63) is 72.2 Å². The first kappa shape index (κ1) is 24.0. The van der Waals surface area contributed by atoms with Gasteiger partial charge in [0.15, 0.2) is 0 Å². The second-order valence-electron chi connectivity index (χ2n) is 5.06. The highest BCUT2D eigenvalue weighted by atomic mass is 14.9. The van der Waals surface area contributed by atoms with Gasteiger partial charge in [-0.3, -0.25) is 9.97 Å². The summed E-state index contributed by atoms with van der Waals surface area (Å²) in [5, 5.41) is 3.30. The molecule has 3 N–H and O–H groups in total. The van der Waals surface area contributed by atoms with Crippen molar-refractivity contribution in [3.63, 3.8) is 0 Å². The van der Waals surface area contributed by atoms with E-state index in [1.165, 1.54) is 11.9 Å². The number of nitrogen functional groups attached to an aromatic ring is 1. The standard InChI is InChI=1S/C12H13N3.C5H7N3.2C2H6/c1-10-5-12(9-14-6-10)15-8-11-3-2-4-13-7-11;1-4-2-7-3-8-5(4)6;2*1-2/h2-7,9,15H,8H2,1H3;2-3H,1H3,(H2,6,7,8);2*1-2H3. The number of nitrogens with one attached hydrogen (secondary N) is 1. The molecule has 3 rings (SSSR count). The van der Waals surface area contributed by atoms with E-state index in [1.54, 1.807) is 12.4 Å². The van der Waals surface area contributed by atoms with Crippen LogP contribution in [0.2, 0.25) is 0 Å². The number of aryl methyl sites for hydroxylation is 2. The average Bonchev–Trinajstić information content (AvgIpc) is 2.73. The molecule has 0 saturated carbocycles. The third-order valence-electron chi connectivity index (χ3n) is 3.03. The topological polar surface area (TPSA) is 89.6 Å². The van der Waals surface area contributed by atoms with E-state index >= 15 is 0 Å². The molecule has 6 heteroatoms. The summed E-state index contributed by atoms with van der Waals surface area (Å²) < 4.78 is 0. The van der Waals surface area contributed by atoms with Crippen molar-refractivity contribution in [1.29, 1.82) is 0 Å². The van der Waals surface area contributed by atoms with Gasteiger partial charge < -0.3 is 11.1 Å². The fourth-order valence-electron chi connectivity index (χ4n) is 1.77. The molecular formula is C21H32N6. The minimum absolute atomic E-state index is 0.556. The lowest BCUT2D eigenvalue weighted by Gasteiger charge is -2.05. The van der Waals surface area contributed by atoms with Gasteiger partial charge in [-0.25, -0.2) is 9.97 Å². The van der Waals surface area contributed by atoms with Gasteiger partial charge in [-0.1, -0.05) is 33.8 Å². The highest BCUT2D eigenvalue weighted by Crippen LogP contribution is 2.08. The van der Waals surface area contributed by atoms with Gasteiger partial charge in [0.2, 0.25) is 0 Å². The van der Waals surface area contributed by atoms with Crippen molar-refractivity contribution in [3.8, 4) is 0 Å². The van der Waals surface area contributed by atoms with Gasteiger partial charge in [-0.2, -0.15) is 0 Å². The third-order valence-corrected chi connectivity index (χ3v) is 3.03. The molecule has 0 aliphatic carbocycles. The first-order chi connectivity index (χ1) is 13.1. The number of aromatic nitrogens is 4. The van der Waals surface area contributed by atoms with Gasteiger partial charge in [-0.15, -0.1) is 0 Å². The summed E-state index contributed by atoms with van der Waals surface area (Å²) in [6.45, 7) is 12.7. The predicted molar refractivity (Wildman–Crippen MR) is 114 cm³/mol. The van der Waals surface area contributed by atoms with Gasteiger partial charge in [0.05, 0.1) is 5.69 Å². The maximum absolute atomic E-state index is 5.37. The molecule has 0 aliphatic heterocycles. The lowest BCUT2D eigenvalue weighted by Crippen LogP contribution is -2.00. The molecule has 0 spiro atoms. The molecule has 0 amide bonds. The van der Waals surface area contributed by atoms with E-state index in [9.17, 15) is 0 Å². The lowest BCUT2D eigenvalue weighted by molar-refractivity contribution is 1.10. The zero-order chi connectivity index (χ0) is 20.5. The number of rotatable bonds is 3. The van der Waals surface area contributed by atoms with Crippen LogP contribution in [0.25, 0.3) is 0 Å². The Morgan fingerprint density at radius 3 is 2.19 bits per heavy atom. The van der Waals surface area contributed by atoms with Gasteiger partial charge in [0, 0.05) is 43.1 Å². The van der Waals surface area contributed by atoms with Crippen LogP contribution in [-0.2, 0) is 6.54 Å². The summed E-state index contributed by atoms with van der Waals surface area (Å²) in [6.07, 6.45) is 10.4. The number of hydrogen-bond donors (Lipinski definition) is 2. The second kappa shape index (κ2) is 15.3. The molecule has 146 valence electrons. The van der Waals surface area contributed by atoms with Crippen LogP contribution in [0.15, 0.2) is 55.5 Å². The predicted octanol–water partition coefficient (Wildman–Crippen LogP) is 4.82. The smallest absolute Gasteiger partial charge is 0.129 e. The van der Waals surface area contributed by atoms with Crippen LogP contribution in [0, 0.1) is 13.8 Å². The summed E-state index contributed by atoms with van der Waals surface area (Å²) in [4.78, 5) is 15.7. The molecule has 0 unspecified atom stereocenters. The molecule has 0 aromatic carbocycles. The monoisotopic (exact) mass is 368 g/mol. The minimum atomic E-state index is 0.556. The van der Waals surface area contributed by atoms with E-state index in [4.69, 9.17) is 5.73 Å². The molecule has 0 saturated heterocycles. The number of anilines is 2. The van der Waals surface area contributed by atoms with Crippen molar-refractivity contribution in [2.75, 3.05) is 11.1 Å². The van der Waals surface area contributed by atoms with Crippen molar-refractivity contribution in [2.24, 2.45) is 0 Å². The first-order valence-electron chi connectivity index (χ1n) is 9.21. The van der Waals surface area contributed by atoms with E-state index in [-0.39, 0.29) is 0 Å². The van der Waals surface area contributed by atoms with Crippen LogP contribution in [0.1, 0.15) is 44.4 Å². The van der Waals surface area contributed by atoms with Crippen molar-refractivity contribution >= 4 is 11.5 Å².